The van der Waals surface area contributed by atoms with Gasteiger partial charge in [-0.1, -0.05) is 17.7 Å². The molecule has 0 atom stereocenters. The van der Waals surface area contributed by atoms with Crippen LogP contribution in [0.5, 0.6) is 0 Å². The molecule has 0 radical (unpaired) electrons. The summed E-state index contributed by atoms with van der Waals surface area (Å²) < 4.78 is 0. The summed E-state index contributed by atoms with van der Waals surface area (Å²) in [7, 11) is 0. The van der Waals surface area contributed by atoms with Gasteiger partial charge in [0.1, 0.15) is 0 Å². The van der Waals surface area contributed by atoms with Crippen molar-refractivity contribution in [3.8, 4) is 0 Å². The van der Waals surface area contributed by atoms with Crippen LogP contribution in [-0.2, 0) is 9.59 Å². The highest BCUT2D eigenvalue weighted by atomic mass is 16.2. The molecule has 2 amide bonds. The number of hydrogen-bond acceptors (Lipinski definition) is 2. The van der Waals surface area contributed by atoms with Crippen molar-refractivity contribution in [2.75, 3.05) is 18.4 Å². The van der Waals surface area contributed by atoms with Gasteiger partial charge < -0.3 is 10.2 Å². The van der Waals surface area contributed by atoms with Gasteiger partial charge in [0.2, 0.25) is 11.8 Å². The Morgan fingerprint density at radius 1 is 1.17 bits per heavy atom. The second-order valence-corrected chi connectivity index (χ2v) is 6.65. The smallest absolute Gasteiger partial charge is 0.243 e. The molecule has 1 aliphatic rings. The molecule has 0 spiro atoms. The van der Waals surface area contributed by atoms with E-state index in [1.165, 1.54) is 30.9 Å². The predicted octanol–water partition coefficient (Wildman–Crippen LogP) is 3.98. The highest BCUT2D eigenvalue weighted by Crippen LogP contribution is 2.20. The van der Waals surface area contributed by atoms with Gasteiger partial charge in [0.05, 0.1) is 6.54 Å². The van der Waals surface area contributed by atoms with E-state index >= 15 is 0 Å². The Bertz CT molecular complexity index is 635. The Balaban J connectivity index is 1.89. The summed E-state index contributed by atoms with van der Waals surface area (Å²) in [6.07, 6.45) is 7.92. The maximum atomic E-state index is 12.3. The molecule has 1 aromatic rings. The summed E-state index contributed by atoms with van der Waals surface area (Å²) >= 11 is 0. The third-order valence-corrected chi connectivity index (χ3v) is 4.66. The minimum absolute atomic E-state index is 0.0540. The molecule has 0 saturated carbocycles. The molecule has 4 nitrogen and oxygen atoms in total. The monoisotopic (exact) mass is 328 g/mol. The minimum atomic E-state index is -0.147. The van der Waals surface area contributed by atoms with E-state index in [4.69, 9.17) is 0 Å². The number of rotatable bonds is 6. The van der Waals surface area contributed by atoms with Crippen molar-refractivity contribution in [3.63, 3.8) is 0 Å². The molecule has 0 unspecified atom stereocenters. The van der Waals surface area contributed by atoms with Crippen LogP contribution in [0.2, 0.25) is 0 Å². The molecular formula is C20H28N2O2. The van der Waals surface area contributed by atoms with Crippen LogP contribution in [0.4, 0.5) is 5.69 Å². The van der Waals surface area contributed by atoms with Crippen molar-refractivity contribution in [2.24, 2.45) is 0 Å². The molecule has 2 rings (SSSR count). The summed E-state index contributed by atoms with van der Waals surface area (Å²) in [6, 6.07) is 5.84. The van der Waals surface area contributed by atoms with Gasteiger partial charge in [0.25, 0.3) is 0 Å². The maximum absolute atomic E-state index is 12.3. The van der Waals surface area contributed by atoms with Crippen molar-refractivity contribution in [1.82, 2.24) is 4.90 Å². The van der Waals surface area contributed by atoms with Crippen LogP contribution >= 0.6 is 0 Å². The molecule has 24 heavy (non-hydrogen) atoms. The highest BCUT2D eigenvalue weighted by molar-refractivity contribution is 5.94. The Morgan fingerprint density at radius 3 is 2.58 bits per heavy atom. The topological polar surface area (TPSA) is 49.4 Å². The van der Waals surface area contributed by atoms with Crippen LogP contribution in [0.3, 0.4) is 0 Å². The predicted molar refractivity (Wildman–Crippen MR) is 98.0 cm³/mol. The molecule has 0 saturated heterocycles. The fraction of sp³-hybridized carbons (Fsp3) is 0.500. The maximum Gasteiger partial charge on any atom is 0.243 e. The molecule has 0 aromatic heterocycles. The number of carbonyl (C=O) groups excluding carboxylic acids is 2. The van der Waals surface area contributed by atoms with Crippen LogP contribution < -0.4 is 5.32 Å². The van der Waals surface area contributed by atoms with Crippen molar-refractivity contribution >= 4 is 17.5 Å². The first-order chi connectivity index (χ1) is 11.5. The van der Waals surface area contributed by atoms with E-state index in [-0.39, 0.29) is 18.4 Å². The molecule has 0 fully saturated rings. The van der Waals surface area contributed by atoms with Crippen molar-refractivity contribution < 1.29 is 9.59 Å². The van der Waals surface area contributed by atoms with Gasteiger partial charge in [-0.15, -0.1) is 0 Å². The molecule has 130 valence electrons. The van der Waals surface area contributed by atoms with E-state index in [2.05, 4.69) is 11.4 Å². The van der Waals surface area contributed by atoms with Gasteiger partial charge in [-0.3, -0.25) is 9.59 Å². The standard InChI is InChI=1S/C20H28N2O2/c1-15-9-10-19(13-16(15)2)21-20(24)14-22(17(3)23)12-11-18-7-5-4-6-8-18/h7,9-10,13H,4-6,8,11-12,14H2,1-3H3,(H,21,24). The van der Waals surface area contributed by atoms with Crippen molar-refractivity contribution in [1.29, 1.82) is 0 Å². The first-order valence-electron chi connectivity index (χ1n) is 8.76. The molecule has 1 aliphatic carbocycles. The van der Waals surface area contributed by atoms with Crippen molar-refractivity contribution in [2.45, 2.75) is 52.9 Å². The minimum Gasteiger partial charge on any atom is -0.333 e. The van der Waals surface area contributed by atoms with Gasteiger partial charge in [-0.2, -0.15) is 0 Å². The summed E-state index contributed by atoms with van der Waals surface area (Å²) in [5.74, 6) is -0.201. The number of nitrogens with one attached hydrogen (secondary N) is 1. The van der Waals surface area contributed by atoms with Gasteiger partial charge in [-0.25, -0.2) is 0 Å². The highest BCUT2D eigenvalue weighted by Gasteiger charge is 2.15. The molecule has 0 bridgehead atoms. The SMILES string of the molecule is CC(=O)N(CCC1=CCCCC1)CC(=O)Nc1ccc(C)c(C)c1. The van der Waals surface area contributed by atoms with E-state index in [1.54, 1.807) is 4.90 Å². The second-order valence-electron chi connectivity index (χ2n) is 6.65. The largest absolute Gasteiger partial charge is 0.333 e. The Hall–Kier alpha value is -2.10. The molecule has 1 N–H and O–H groups in total. The van der Waals surface area contributed by atoms with Gasteiger partial charge in [-0.05, 0) is 69.2 Å². The summed E-state index contributed by atoms with van der Waals surface area (Å²) in [5.41, 5.74) is 4.53. The zero-order chi connectivity index (χ0) is 17.5. The number of carbonyl (C=O) groups is 2. The molecule has 4 heteroatoms. The van der Waals surface area contributed by atoms with Gasteiger partial charge >= 0.3 is 0 Å². The number of allylic oxidation sites excluding steroid dienone is 1. The summed E-state index contributed by atoms with van der Waals surface area (Å²) in [4.78, 5) is 25.7. The van der Waals surface area contributed by atoms with Gasteiger partial charge in [0.15, 0.2) is 0 Å². The average Bonchev–Trinajstić information content (AvgIpc) is 2.55. The first-order valence-corrected chi connectivity index (χ1v) is 8.76. The third kappa shape index (κ3) is 5.52. The lowest BCUT2D eigenvalue weighted by Gasteiger charge is -2.22. The second kappa shape index (κ2) is 8.67. The lowest BCUT2D eigenvalue weighted by Crippen LogP contribution is -2.37. The summed E-state index contributed by atoms with van der Waals surface area (Å²) in [5, 5.41) is 2.89. The molecular weight excluding hydrogens is 300 g/mol. The van der Waals surface area contributed by atoms with E-state index < -0.39 is 0 Å². The Labute approximate surface area is 144 Å². The van der Waals surface area contributed by atoms with E-state index in [9.17, 15) is 9.59 Å². The molecule has 1 aromatic carbocycles. The fourth-order valence-electron chi connectivity index (χ4n) is 2.95. The zero-order valence-corrected chi connectivity index (χ0v) is 15.0. The number of anilines is 1. The number of nitrogens with zero attached hydrogens (tertiary/aromatic N) is 1. The van der Waals surface area contributed by atoms with Crippen LogP contribution in [0.25, 0.3) is 0 Å². The fourth-order valence-corrected chi connectivity index (χ4v) is 2.95. The molecule has 0 aliphatic heterocycles. The number of amides is 2. The van der Waals surface area contributed by atoms with E-state index in [0.717, 1.165) is 30.5 Å². The Kier molecular flexibility index (Phi) is 6.59. The van der Waals surface area contributed by atoms with Crippen LogP contribution in [0.1, 0.15) is 50.2 Å². The number of aryl methyl sites for hydroxylation is 2. The van der Waals surface area contributed by atoms with Gasteiger partial charge in [0, 0.05) is 19.2 Å². The average molecular weight is 328 g/mol. The zero-order valence-electron chi connectivity index (χ0n) is 15.0. The van der Waals surface area contributed by atoms with Crippen LogP contribution in [0.15, 0.2) is 29.8 Å². The normalized spacial score (nSPS) is 14.0. The summed E-state index contributed by atoms with van der Waals surface area (Å²) in [6.45, 7) is 6.30. The Morgan fingerprint density at radius 2 is 1.96 bits per heavy atom. The third-order valence-electron chi connectivity index (χ3n) is 4.66. The molecule has 0 heterocycles. The lowest BCUT2D eigenvalue weighted by atomic mass is 9.97. The number of hydrogen-bond donors (Lipinski definition) is 1. The van der Waals surface area contributed by atoms with Crippen molar-refractivity contribution in [3.05, 3.63) is 41.0 Å². The number of benzene rings is 1. The van der Waals surface area contributed by atoms with E-state index in [1.807, 2.05) is 32.0 Å². The van der Waals surface area contributed by atoms with Crippen LogP contribution in [-0.4, -0.2) is 29.8 Å². The van der Waals surface area contributed by atoms with Crippen LogP contribution in [0, 0.1) is 13.8 Å². The quantitative estimate of drug-likeness (QED) is 0.803. The first kappa shape index (κ1) is 18.2. The lowest BCUT2D eigenvalue weighted by molar-refractivity contribution is -0.132. The van der Waals surface area contributed by atoms with E-state index in [0.29, 0.717) is 6.54 Å².